The van der Waals surface area contributed by atoms with Gasteiger partial charge in [-0.25, -0.2) is 0 Å². The van der Waals surface area contributed by atoms with Crippen molar-refractivity contribution in [1.29, 1.82) is 0 Å². The predicted octanol–water partition coefficient (Wildman–Crippen LogP) is 2.84. The van der Waals surface area contributed by atoms with Crippen LogP contribution in [0.5, 0.6) is 0 Å². The van der Waals surface area contributed by atoms with Gasteiger partial charge in [-0.1, -0.05) is 32.0 Å². The standard InChI is InChI=1S/C13H21N/c1-10(2)14-9-8-13-11(3)6-5-7-12(13)4/h5-7,10,14H,8-9H2,1-4H3. The Labute approximate surface area is 87.5 Å². The van der Waals surface area contributed by atoms with E-state index in [0.29, 0.717) is 6.04 Å². The van der Waals surface area contributed by atoms with E-state index in [1.165, 1.54) is 16.7 Å². The van der Waals surface area contributed by atoms with Crippen LogP contribution in [0, 0.1) is 13.8 Å². The van der Waals surface area contributed by atoms with Gasteiger partial charge in [0.2, 0.25) is 0 Å². The van der Waals surface area contributed by atoms with Gasteiger partial charge in [0.1, 0.15) is 0 Å². The zero-order valence-corrected chi connectivity index (χ0v) is 9.72. The first kappa shape index (κ1) is 11.3. The quantitative estimate of drug-likeness (QED) is 0.771. The van der Waals surface area contributed by atoms with E-state index < -0.39 is 0 Å². The lowest BCUT2D eigenvalue weighted by atomic mass is 10.0. The van der Waals surface area contributed by atoms with Crippen molar-refractivity contribution < 1.29 is 0 Å². The molecule has 0 spiro atoms. The molecule has 78 valence electrons. The molecular weight excluding hydrogens is 170 g/mol. The number of benzene rings is 1. The van der Waals surface area contributed by atoms with E-state index in [9.17, 15) is 0 Å². The molecule has 1 aromatic rings. The summed E-state index contributed by atoms with van der Waals surface area (Å²) in [5.41, 5.74) is 4.33. The van der Waals surface area contributed by atoms with Crippen molar-refractivity contribution in [2.75, 3.05) is 6.54 Å². The molecule has 1 rings (SSSR count). The van der Waals surface area contributed by atoms with Crippen molar-refractivity contribution in [3.8, 4) is 0 Å². The molecule has 1 N–H and O–H groups in total. The van der Waals surface area contributed by atoms with Crippen LogP contribution in [0.15, 0.2) is 18.2 Å². The van der Waals surface area contributed by atoms with Gasteiger partial charge in [0.05, 0.1) is 0 Å². The first-order chi connectivity index (χ1) is 6.61. The zero-order valence-electron chi connectivity index (χ0n) is 9.72. The summed E-state index contributed by atoms with van der Waals surface area (Å²) in [4.78, 5) is 0. The SMILES string of the molecule is Cc1cccc(C)c1CCNC(C)C. The van der Waals surface area contributed by atoms with Gasteiger partial charge in [-0.2, -0.15) is 0 Å². The fourth-order valence-electron chi connectivity index (χ4n) is 1.73. The monoisotopic (exact) mass is 191 g/mol. The highest BCUT2D eigenvalue weighted by atomic mass is 14.9. The van der Waals surface area contributed by atoms with Crippen LogP contribution in [0.1, 0.15) is 30.5 Å². The first-order valence-electron chi connectivity index (χ1n) is 5.39. The van der Waals surface area contributed by atoms with Crippen LogP contribution in [-0.2, 0) is 6.42 Å². The molecule has 0 atom stereocenters. The molecule has 0 aliphatic rings. The predicted molar refractivity (Wildman–Crippen MR) is 62.8 cm³/mol. The molecule has 0 aromatic heterocycles. The second kappa shape index (κ2) is 5.16. The molecule has 0 amide bonds. The molecule has 0 radical (unpaired) electrons. The highest BCUT2D eigenvalue weighted by Gasteiger charge is 2.01. The minimum absolute atomic E-state index is 0.583. The third-order valence-electron chi connectivity index (χ3n) is 2.57. The Morgan fingerprint density at radius 3 is 2.21 bits per heavy atom. The maximum Gasteiger partial charge on any atom is 0.00105 e. The van der Waals surface area contributed by atoms with Crippen molar-refractivity contribution in [2.24, 2.45) is 0 Å². The van der Waals surface area contributed by atoms with Crippen LogP contribution in [0.4, 0.5) is 0 Å². The fraction of sp³-hybridized carbons (Fsp3) is 0.538. The molecule has 0 fully saturated rings. The van der Waals surface area contributed by atoms with E-state index in [-0.39, 0.29) is 0 Å². The average Bonchev–Trinajstić information content (AvgIpc) is 2.09. The van der Waals surface area contributed by atoms with Gasteiger partial charge in [-0.05, 0) is 43.5 Å². The summed E-state index contributed by atoms with van der Waals surface area (Å²) >= 11 is 0. The Morgan fingerprint density at radius 2 is 1.71 bits per heavy atom. The van der Waals surface area contributed by atoms with E-state index in [1.54, 1.807) is 0 Å². The van der Waals surface area contributed by atoms with Gasteiger partial charge in [0, 0.05) is 6.04 Å². The Bertz CT molecular complexity index is 269. The van der Waals surface area contributed by atoms with Crippen molar-refractivity contribution in [1.82, 2.24) is 5.32 Å². The zero-order chi connectivity index (χ0) is 10.6. The normalized spacial score (nSPS) is 10.9. The van der Waals surface area contributed by atoms with Gasteiger partial charge < -0.3 is 5.32 Å². The summed E-state index contributed by atoms with van der Waals surface area (Å²) in [6.07, 6.45) is 1.14. The molecular formula is C13H21N. The van der Waals surface area contributed by atoms with Crippen molar-refractivity contribution in [3.05, 3.63) is 34.9 Å². The molecule has 0 saturated carbocycles. The number of hydrogen-bond donors (Lipinski definition) is 1. The molecule has 0 unspecified atom stereocenters. The molecule has 14 heavy (non-hydrogen) atoms. The van der Waals surface area contributed by atoms with Crippen molar-refractivity contribution in [2.45, 2.75) is 40.2 Å². The molecule has 0 heterocycles. The number of nitrogens with one attached hydrogen (secondary N) is 1. The Morgan fingerprint density at radius 1 is 1.14 bits per heavy atom. The molecule has 1 heteroatoms. The van der Waals surface area contributed by atoms with E-state index >= 15 is 0 Å². The van der Waals surface area contributed by atoms with Crippen LogP contribution in [-0.4, -0.2) is 12.6 Å². The molecule has 0 aliphatic heterocycles. The molecule has 0 bridgehead atoms. The van der Waals surface area contributed by atoms with Gasteiger partial charge in [-0.3, -0.25) is 0 Å². The Hall–Kier alpha value is -0.820. The maximum absolute atomic E-state index is 3.45. The van der Waals surface area contributed by atoms with Crippen molar-refractivity contribution in [3.63, 3.8) is 0 Å². The van der Waals surface area contributed by atoms with E-state index in [0.717, 1.165) is 13.0 Å². The Kier molecular flexibility index (Phi) is 4.15. The minimum Gasteiger partial charge on any atom is -0.314 e. The second-order valence-corrected chi connectivity index (χ2v) is 4.23. The minimum atomic E-state index is 0.583. The lowest BCUT2D eigenvalue weighted by molar-refractivity contribution is 0.589. The second-order valence-electron chi connectivity index (χ2n) is 4.23. The van der Waals surface area contributed by atoms with Gasteiger partial charge in [-0.15, -0.1) is 0 Å². The van der Waals surface area contributed by atoms with Crippen molar-refractivity contribution >= 4 is 0 Å². The molecule has 0 aliphatic carbocycles. The largest absolute Gasteiger partial charge is 0.314 e. The van der Waals surface area contributed by atoms with Crippen LogP contribution < -0.4 is 5.32 Å². The molecule has 0 saturated heterocycles. The van der Waals surface area contributed by atoms with Crippen LogP contribution in [0.25, 0.3) is 0 Å². The van der Waals surface area contributed by atoms with Gasteiger partial charge in [0.15, 0.2) is 0 Å². The van der Waals surface area contributed by atoms with Gasteiger partial charge in [0.25, 0.3) is 0 Å². The molecule has 1 nitrogen and oxygen atoms in total. The summed E-state index contributed by atoms with van der Waals surface area (Å²) in [7, 11) is 0. The third kappa shape index (κ3) is 3.15. The molecule has 1 aromatic carbocycles. The number of hydrogen-bond acceptors (Lipinski definition) is 1. The maximum atomic E-state index is 3.45. The smallest absolute Gasteiger partial charge is 0.00105 e. The summed E-state index contributed by atoms with van der Waals surface area (Å²) in [6, 6.07) is 7.10. The number of aryl methyl sites for hydroxylation is 2. The third-order valence-corrected chi connectivity index (χ3v) is 2.57. The summed E-state index contributed by atoms with van der Waals surface area (Å²) in [5, 5.41) is 3.45. The summed E-state index contributed by atoms with van der Waals surface area (Å²) in [5.74, 6) is 0. The lowest BCUT2D eigenvalue weighted by Crippen LogP contribution is -2.25. The van der Waals surface area contributed by atoms with Crippen LogP contribution in [0.3, 0.4) is 0 Å². The highest BCUT2D eigenvalue weighted by Crippen LogP contribution is 2.13. The average molecular weight is 191 g/mol. The fourth-order valence-corrected chi connectivity index (χ4v) is 1.73. The summed E-state index contributed by atoms with van der Waals surface area (Å²) in [6.45, 7) is 9.83. The summed E-state index contributed by atoms with van der Waals surface area (Å²) < 4.78 is 0. The van der Waals surface area contributed by atoms with E-state index in [1.807, 2.05) is 0 Å². The highest BCUT2D eigenvalue weighted by molar-refractivity contribution is 5.33. The van der Waals surface area contributed by atoms with Crippen LogP contribution in [0.2, 0.25) is 0 Å². The lowest BCUT2D eigenvalue weighted by Gasteiger charge is -2.11. The van der Waals surface area contributed by atoms with E-state index in [4.69, 9.17) is 0 Å². The number of rotatable bonds is 4. The van der Waals surface area contributed by atoms with Gasteiger partial charge >= 0.3 is 0 Å². The Balaban J connectivity index is 2.58. The first-order valence-corrected chi connectivity index (χ1v) is 5.39. The van der Waals surface area contributed by atoms with E-state index in [2.05, 4.69) is 51.2 Å². The topological polar surface area (TPSA) is 12.0 Å². The van der Waals surface area contributed by atoms with Crippen LogP contribution >= 0.6 is 0 Å².